The van der Waals surface area contributed by atoms with Crippen LogP contribution in [0.15, 0.2) is 0 Å². The fraction of sp³-hybridized carbons (Fsp3) is 0.917. The summed E-state index contributed by atoms with van der Waals surface area (Å²) in [7, 11) is 0. The molecule has 0 aromatic heterocycles. The maximum absolute atomic E-state index is 11.8. The van der Waals surface area contributed by atoms with Crippen molar-refractivity contribution in [2.24, 2.45) is 5.92 Å². The molecule has 0 aliphatic carbocycles. The van der Waals surface area contributed by atoms with E-state index in [0.717, 1.165) is 32.2 Å². The molecule has 0 aromatic carbocycles. The molecule has 1 N–H and O–H groups in total. The number of likely N-dealkylation sites (tertiary alicyclic amines) is 1. The van der Waals surface area contributed by atoms with Gasteiger partial charge in [-0.2, -0.15) is 0 Å². The minimum atomic E-state index is -0.378. The molecule has 1 rings (SSSR count). The second kappa shape index (κ2) is 6.60. The first-order valence-electron chi connectivity index (χ1n) is 6.21. The fourth-order valence-corrected chi connectivity index (χ4v) is 2.90. The van der Waals surface area contributed by atoms with Crippen LogP contribution in [0.5, 0.6) is 0 Å². The van der Waals surface area contributed by atoms with Crippen LogP contribution >= 0.6 is 15.9 Å². The Morgan fingerprint density at radius 2 is 2.12 bits per heavy atom. The van der Waals surface area contributed by atoms with Gasteiger partial charge in [0.1, 0.15) is 0 Å². The molecule has 0 radical (unpaired) electrons. The minimum Gasteiger partial charge on any atom is -0.391 e. The summed E-state index contributed by atoms with van der Waals surface area (Å²) in [4.78, 5) is 13.6. The number of carbonyl (C=O) groups is 1. The van der Waals surface area contributed by atoms with Gasteiger partial charge in [0.15, 0.2) is 0 Å². The van der Waals surface area contributed by atoms with Gasteiger partial charge in [0.2, 0.25) is 5.91 Å². The lowest BCUT2D eigenvalue weighted by molar-refractivity contribution is -0.134. The number of halogens is 1. The Labute approximate surface area is 106 Å². The zero-order valence-electron chi connectivity index (χ0n) is 10.2. The molecule has 4 heteroatoms. The Balaban J connectivity index is 2.49. The number of rotatable bonds is 5. The normalized spacial score (nSPS) is 23.9. The van der Waals surface area contributed by atoms with Crippen molar-refractivity contribution in [1.29, 1.82) is 0 Å². The van der Waals surface area contributed by atoms with Crippen LogP contribution in [0.2, 0.25) is 0 Å². The van der Waals surface area contributed by atoms with Crippen molar-refractivity contribution in [3.05, 3.63) is 0 Å². The predicted octanol–water partition coefficient (Wildman–Crippen LogP) is 2.17. The monoisotopic (exact) mass is 291 g/mol. The Kier molecular flexibility index (Phi) is 5.76. The van der Waals surface area contributed by atoms with Crippen molar-refractivity contribution in [2.45, 2.75) is 50.5 Å². The molecule has 1 saturated heterocycles. The number of hydrogen-bond acceptors (Lipinski definition) is 2. The molecule has 0 bridgehead atoms. The molecular formula is C12H22BrNO2. The number of nitrogens with zero attached hydrogens (tertiary/aromatic N) is 1. The maximum atomic E-state index is 11.8. The van der Waals surface area contributed by atoms with E-state index in [1.165, 1.54) is 0 Å². The Bertz CT molecular complexity index is 231. The van der Waals surface area contributed by atoms with Crippen molar-refractivity contribution in [3.63, 3.8) is 0 Å². The van der Waals surface area contributed by atoms with Crippen LogP contribution in [0.1, 0.15) is 39.5 Å². The summed E-state index contributed by atoms with van der Waals surface area (Å²) < 4.78 is 0. The van der Waals surface area contributed by atoms with E-state index in [9.17, 15) is 9.90 Å². The van der Waals surface area contributed by atoms with Gasteiger partial charge in [0.05, 0.1) is 10.9 Å². The highest BCUT2D eigenvalue weighted by atomic mass is 79.9. The van der Waals surface area contributed by atoms with Crippen molar-refractivity contribution < 1.29 is 9.90 Å². The number of carbonyl (C=O) groups excluding carboxylic acids is 1. The molecule has 1 heterocycles. The lowest BCUT2D eigenvalue weighted by atomic mass is 9.95. The van der Waals surface area contributed by atoms with Gasteiger partial charge >= 0.3 is 0 Å². The van der Waals surface area contributed by atoms with Gasteiger partial charge in [-0.05, 0) is 18.8 Å². The number of hydrogen-bond donors (Lipinski definition) is 1. The topological polar surface area (TPSA) is 40.5 Å². The molecular weight excluding hydrogens is 270 g/mol. The van der Waals surface area contributed by atoms with E-state index in [1.54, 1.807) is 4.90 Å². The summed E-state index contributed by atoms with van der Waals surface area (Å²) >= 11 is 3.38. The summed E-state index contributed by atoms with van der Waals surface area (Å²) in [5.41, 5.74) is 0. The first-order valence-corrected chi connectivity index (χ1v) is 7.12. The van der Waals surface area contributed by atoms with Gasteiger partial charge in [-0.15, -0.1) is 0 Å². The number of β-amino-alcohol motifs (C(OH)–C–C–N with tert-alkyl or cyclic N) is 1. The lowest BCUT2D eigenvalue weighted by Gasteiger charge is -2.33. The average molecular weight is 292 g/mol. The first-order chi connectivity index (χ1) is 7.60. The van der Waals surface area contributed by atoms with Crippen LogP contribution in [-0.2, 0) is 4.79 Å². The largest absolute Gasteiger partial charge is 0.391 e. The van der Waals surface area contributed by atoms with Gasteiger partial charge in [0.25, 0.3) is 0 Å². The highest BCUT2D eigenvalue weighted by Gasteiger charge is 2.29. The SMILES string of the molecule is CCC(CC)C(O)CN1CCCC(Br)C1=O. The molecule has 1 aliphatic rings. The molecule has 3 nitrogen and oxygen atoms in total. The van der Waals surface area contributed by atoms with E-state index in [1.807, 2.05) is 0 Å². The standard InChI is InChI=1S/C12H22BrNO2/c1-3-9(4-2)11(15)8-14-7-5-6-10(13)12(14)16/h9-11,15H,3-8H2,1-2H3. The number of piperidine rings is 1. The molecule has 0 saturated carbocycles. The van der Waals surface area contributed by atoms with Crippen LogP contribution < -0.4 is 0 Å². The van der Waals surface area contributed by atoms with Crippen LogP contribution in [0.25, 0.3) is 0 Å². The van der Waals surface area contributed by atoms with Gasteiger partial charge in [-0.1, -0.05) is 42.6 Å². The number of amides is 1. The van der Waals surface area contributed by atoms with Crippen molar-refractivity contribution in [2.75, 3.05) is 13.1 Å². The lowest BCUT2D eigenvalue weighted by Crippen LogP contribution is -2.46. The van der Waals surface area contributed by atoms with E-state index in [2.05, 4.69) is 29.8 Å². The molecule has 1 fully saturated rings. The van der Waals surface area contributed by atoms with E-state index in [-0.39, 0.29) is 16.8 Å². The number of aliphatic hydroxyl groups is 1. The second-order valence-corrected chi connectivity index (χ2v) is 5.64. The van der Waals surface area contributed by atoms with Crippen molar-refractivity contribution >= 4 is 21.8 Å². The van der Waals surface area contributed by atoms with Crippen LogP contribution in [-0.4, -0.2) is 39.9 Å². The molecule has 2 unspecified atom stereocenters. The molecule has 2 atom stereocenters. The van der Waals surface area contributed by atoms with E-state index < -0.39 is 0 Å². The number of aliphatic hydroxyl groups excluding tert-OH is 1. The van der Waals surface area contributed by atoms with E-state index in [0.29, 0.717) is 12.5 Å². The molecule has 16 heavy (non-hydrogen) atoms. The molecule has 0 spiro atoms. The zero-order chi connectivity index (χ0) is 12.1. The number of alkyl halides is 1. The third-order valence-corrected chi connectivity index (χ3v) is 4.32. The minimum absolute atomic E-state index is 0.0462. The highest BCUT2D eigenvalue weighted by molar-refractivity contribution is 9.10. The predicted molar refractivity (Wildman–Crippen MR) is 68.6 cm³/mol. The van der Waals surface area contributed by atoms with Gasteiger partial charge in [-0.3, -0.25) is 4.79 Å². The van der Waals surface area contributed by atoms with Crippen molar-refractivity contribution in [3.8, 4) is 0 Å². The summed E-state index contributed by atoms with van der Waals surface area (Å²) in [6.45, 7) is 5.46. The van der Waals surface area contributed by atoms with Gasteiger partial charge < -0.3 is 10.0 Å². The van der Waals surface area contributed by atoms with E-state index in [4.69, 9.17) is 0 Å². The maximum Gasteiger partial charge on any atom is 0.236 e. The summed E-state index contributed by atoms with van der Waals surface area (Å²) in [6.07, 6.45) is 3.50. The average Bonchev–Trinajstić information content (AvgIpc) is 2.26. The first kappa shape index (κ1) is 14.0. The van der Waals surface area contributed by atoms with Crippen LogP contribution in [0.4, 0.5) is 0 Å². The van der Waals surface area contributed by atoms with Crippen LogP contribution in [0, 0.1) is 5.92 Å². The zero-order valence-corrected chi connectivity index (χ0v) is 11.7. The molecule has 1 aliphatic heterocycles. The fourth-order valence-electron chi connectivity index (χ4n) is 2.28. The Hall–Kier alpha value is -0.0900. The van der Waals surface area contributed by atoms with Crippen molar-refractivity contribution in [1.82, 2.24) is 4.90 Å². The summed E-state index contributed by atoms with van der Waals surface area (Å²) in [6, 6.07) is 0. The summed E-state index contributed by atoms with van der Waals surface area (Å²) in [5, 5.41) is 10.1. The molecule has 0 aromatic rings. The van der Waals surface area contributed by atoms with Crippen LogP contribution in [0.3, 0.4) is 0 Å². The molecule has 94 valence electrons. The van der Waals surface area contributed by atoms with Gasteiger partial charge in [0, 0.05) is 13.1 Å². The Morgan fingerprint density at radius 1 is 1.50 bits per heavy atom. The molecule has 1 amide bonds. The third-order valence-electron chi connectivity index (χ3n) is 3.47. The Morgan fingerprint density at radius 3 is 2.69 bits per heavy atom. The third kappa shape index (κ3) is 3.45. The smallest absolute Gasteiger partial charge is 0.236 e. The quantitative estimate of drug-likeness (QED) is 0.789. The summed E-state index contributed by atoms with van der Waals surface area (Å²) in [5.74, 6) is 0.444. The second-order valence-electron chi connectivity index (χ2n) is 4.54. The van der Waals surface area contributed by atoms with E-state index >= 15 is 0 Å². The van der Waals surface area contributed by atoms with Gasteiger partial charge in [-0.25, -0.2) is 0 Å². The highest BCUT2D eigenvalue weighted by Crippen LogP contribution is 2.21.